The van der Waals surface area contributed by atoms with Crippen LogP contribution in [0.4, 0.5) is 0 Å². The SMILES string of the molecule is C=C(O)c1cc(OC(C)=O)c2c(c1)C(=O)c1cccc(OC(C)=O)c1C2=O. The molecule has 0 saturated heterocycles. The number of aliphatic hydroxyl groups is 1. The van der Waals surface area contributed by atoms with Gasteiger partial charge in [-0.05, 0) is 18.2 Å². The molecule has 27 heavy (non-hydrogen) atoms. The van der Waals surface area contributed by atoms with Crippen molar-refractivity contribution >= 4 is 29.3 Å². The molecular weight excluding hydrogens is 352 g/mol. The first kappa shape index (κ1) is 18.1. The van der Waals surface area contributed by atoms with Crippen molar-refractivity contribution in [3.8, 4) is 11.5 Å². The van der Waals surface area contributed by atoms with E-state index < -0.39 is 23.5 Å². The van der Waals surface area contributed by atoms with Crippen LogP contribution in [0.2, 0.25) is 0 Å². The molecule has 0 bridgehead atoms. The van der Waals surface area contributed by atoms with Gasteiger partial charge in [-0.25, -0.2) is 0 Å². The minimum Gasteiger partial charge on any atom is -0.508 e. The highest BCUT2D eigenvalue weighted by Crippen LogP contribution is 2.39. The highest BCUT2D eigenvalue weighted by molar-refractivity contribution is 6.30. The molecule has 2 aromatic carbocycles. The Bertz CT molecular complexity index is 1050. The van der Waals surface area contributed by atoms with Crippen LogP contribution in [-0.2, 0) is 9.59 Å². The molecule has 3 rings (SSSR count). The van der Waals surface area contributed by atoms with Crippen molar-refractivity contribution < 1.29 is 33.8 Å². The Hall–Kier alpha value is -3.74. The third-order valence-corrected chi connectivity index (χ3v) is 3.91. The maximum atomic E-state index is 13.1. The van der Waals surface area contributed by atoms with Crippen molar-refractivity contribution in [2.45, 2.75) is 13.8 Å². The summed E-state index contributed by atoms with van der Waals surface area (Å²) >= 11 is 0. The van der Waals surface area contributed by atoms with Gasteiger partial charge in [0, 0.05) is 30.5 Å². The normalized spacial score (nSPS) is 12.1. The second-order valence-electron chi connectivity index (χ2n) is 5.87. The van der Waals surface area contributed by atoms with E-state index in [0.717, 1.165) is 6.92 Å². The Morgan fingerprint density at radius 2 is 1.48 bits per heavy atom. The minimum absolute atomic E-state index is 0.0423. The molecule has 0 radical (unpaired) electrons. The number of carbonyl (C=O) groups is 4. The van der Waals surface area contributed by atoms with E-state index in [1.165, 1.54) is 37.3 Å². The third-order valence-electron chi connectivity index (χ3n) is 3.91. The fourth-order valence-corrected chi connectivity index (χ4v) is 2.90. The molecule has 0 atom stereocenters. The lowest BCUT2D eigenvalue weighted by molar-refractivity contribution is -0.132. The Morgan fingerprint density at radius 1 is 0.889 bits per heavy atom. The molecule has 2 aromatic rings. The summed E-state index contributed by atoms with van der Waals surface area (Å²) in [7, 11) is 0. The highest BCUT2D eigenvalue weighted by atomic mass is 16.5. The zero-order valence-electron chi connectivity index (χ0n) is 14.5. The number of hydrogen-bond donors (Lipinski definition) is 1. The van der Waals surface area contributed by atoms with Gasteiger partial charge in [-0.3, -0.25) is 19.2 Å². The van der Waals surface area contributed by atoms with E-state index in [0.29, 0.717) is 0 Å². The number of ketones is 2. The average Bonchev–Trinajstić information content (AvgIpc) is 2.57. The average molecular weight is 366 g/mol. The molecule has 1 aliphatic rings. The summed E-state index contributed by atoms with van der Waals surface area (Å²) in [4.78, 5) is 48.9. The number of benzene rings is 2. The standard InChI is InChI=1S/C20H14O7/c1-9(21)12-7-14-18(16(8-12)27-11(3)23)20(25)17-13(19(14)24)5-4-6-15(17)26-10(2)22/h4-8,21H,1H2,2-3H3. The molecule has 0 saturated carbocycles. The van der Waals surface area contributed by atoms with Crippen molar-refractivity contribution in [1.82, 2.24) is 0 Å². The van der Waals surface area contributed by atoms with Gasteiger partial charge in [-0.15, -0.1) is 0 Å². The van der Waals surface area contributed by atoms with Gasteiger partial charge in [0.05, 0.1) is 11.1 Å². The Kier molecular flexibility index (Phi) is 4.37. The van der Waals surface area contributed by atoms with Gasteiger partial charge < -0.3 is 14.6 Å². The Labute approximate surface area is 153 Å². The van der Waals surface area contributed by atoms with Gasteiger partial charge >= 0.3 is 11.9 Å². The number of hydrogen-bond acceptors (Lipinski definition) is 7. The van der Waals surface area contributed by atoms with Gasteiger partial charge in [-0.1, -0.05) is 18.7 Å². The summed E-state index contributed by atoms with van der Waals surface area (Å²) in [6, 6.07) is 6.85. The van der Waals surface area contributed by atoms with Gasteiger partial charge in [-0.2, -0.15) is 0 Å². The summed E-state index contributed by atoms with van der Waals surface area (Å²) in [5.41, 5.74) is -0.107. The van der Waals surface area contributed by atoms with Crippen LogP contribution in [0.3, 0.4) is 0 Å². The molecule has 0 aliphatic heterocycles. The van der Waals surface area contributed by atoms with Crippen LogP contribution in [0.15, 0.2) is 36.9 Å². The third kappa shape index (κ3) is 3.10. The van der Waals surface area contributed by atoms with E-state index in [1.807, 2.05) is 0 Å². The maximum Gasteiger partial charge on any atom is 0.308 e. The van der Waals surface area contributed by atoms with Crippen molar-refractivity contribution in [2.75, 3.05) is 0 Å². The van der Waals surface area contributed by atoms with E-state index in [9.17, 15) is 24.3 Å². The number of esters is 2. The maximum absolute atomic E-state index is 13.1. The van der Waals surface area contributed by atoms with Crippen LogP contribution in [-0.4, -0.2) is 28.6 Å². The zero-order valence-corrected chi connectivity index (χ0v) is 14.5. The highest BCUT2D eigenvalue weighted by Gasteiger charge is 2.36. The van der Waals surface area contributed by atoms with Gasteiger partial charge in [0.2, 0.25) is 5.78 Å². The van der Waals surface area contributed by atoms with E-state index in [4.69, 9.17) is 9.47 Å². The molecule has 0 amide bonds. The zero-order chi connectivity index (χ0) is 19.9. The van der Waals surface area contributed by atoms with Crippen LogP contribution in [0.1, 0.15) is 51.3 Å². The van der Waals surface area contributed by atoms with E-state index >= 15 is 0 Å². The summed E-state index contributed by atoms with van der Waals surface area (Å²) in [5.74, 6) is -3.14. The minimum atomic E-state index is -0.711. The van der Waals surface area contributed by atoms with Crippen molar-refractivity contribution in [1.29, 1.82) is 0 Å². The number of fused-ring (bicyclic) bond motifs is 2. The molecule has 1 aliphatic carbocycles. The predicted octanol–water partition coefficient (Wildman–Crippen LogP) is 2.84. The first-order chi connectivity index (χ1) is 12.7. The molecule has 0 heterocycles. The number of aliphatic hydroxyl groups excluding tert-OH is 1. The fourth-order valence-electron chi connectivity index (χ4n) is 2.90. The summed E-state index contributed by atoms with van der Waals surface area (Å²) in [6.45, 7) is 5.70. The van der Waals surface area contributed by atoms with Crippen molar-refractivity contribution in [3.05, 3.63) is 64.7 Å². The van der Waals surface area contributed by atoms with E-state index in [-0.39, 0.29) is 45.1 Å². The number of rotatable bonds is 3. The van der Waals surface area contributed by atoms with Gasteiger partial charge in [0.25, 0.3) is 0 Å². The first-order valence-electron chi connectivity index (χ1n) is 7.86. The van der Waals surface area contributed by atoms with Gasteiger partial charge in [0.1, 0.15) is 17.3 Å². The molecule has 7 nitrogen and oxygen atoms in total. The van der Waals surface area contributed by atoms with Crippen LogP contribution in [0, 0.1) is 0 Å². The molecule has 0 unspecified atom stereocenters. The van der Waals surface area contributed by atoms with E-state index in [1.54, 1.807) is 0 Å². The first-order valence-corrected chi connectivity index (χ1v) is 7.86. The lowest BCUT2D eigenvalue weighted by Crippen LogP contribution is -2.24. The van der Waals surface area contributed by atoms with Crippen LogP contribution in [0.5, 0.6) is 11.5 Å². The number of ether oxygens (including phenoxy) is 2. The molecule has 0 fully saturated rings. The molecule has 0 aromatic heterocycles. The second-order valence-corrected chi connectivity index (χ2v) is 5.87. The lowest BCUT2D eigenvalue weighted by Gasteiger charge is -2.22. The van der Waals surface area contributed by atoms with Crippen molar-refractivity contribution in [3.63, 3.8) is 0 Å². The quantitative estimate of drug-likeness (QED) is 0.431. The topological polar surface area (TPSA) is 107 Å². The largest absolute Gasteiger partial charge is 0.508 e. The monoisotopic (exact) mass is 366 g/mol. The number of carbonyl (C=O) groups excluding carboxylic acids is 4. The Balaban J connectivity index is 2.31. The summed E-state index contributed by atoms with van der Waals surface area (Å²) < 4.78 is 10.1. The molecule has 1 N–H and O–H groups in total. The van der Waals surface area contributed by atoms with Crippen molar-refractivity contribution in [2.24, 2.45) is 0 Å². The second kappa shape index (κ2) is 6.53. The molecule has 136 valence electrons. The lowest BCUT2D eigenvalue weighted by atomic mass is 9.82. The van der Waals surface area contributed by atoms with Crippen LogP contribution < -0.4 is 9.47 Å². The molecule has 7 heteroatoms. The summed E-state index contributed by atoms with van der Waals surface area (Å²) in [6.07, 6.45) is 0. The summed E-state index contributed by atoms with van der Waals surface area (Å²) in [5, 5.41) is 9.69. The van der Waals surface area contributed by atoms with E-state index in [2.05, 4.69) is 6.58 Å². The molecular formula is C20H14O7. The van der Waals surface area contributed by atoms with Crippen LogP contribution >= 0.6 is 0 Å². The van der Waals surface area contributed by atoms with Crippen LogP contribution in [0.25, 0.3) is 5.76 Å². The fraction of sp³-hybridized carbons (Fsp3) is 0.100. The molecule has 0 spiro atoms. The van der Waals surface area contributed by atoms with Gasteiger partial charge in [0.15, 0.2) is 5.78 Å². The Morgan fingerprint density at radius 3 is 2.07 bits per heavy atom. The smallest absolute Gasteiger partial charge is 0.308 e. The predicted molar refractivity (Wildman–Crippen MR) is 94.0 cm³/mol.